The molecule has 6 nitrogen and oxygen atoms in total. The van der Waals surface area contributed by atoms with Gasteiger partial charge in [0.25, 0.3) is 5.91 Å². The zero-order valence-electron chi connectivity index (χ0n) is 13.3. The Bertz CT molecular complexity index is 748. The number of nitrogens with one attached hydrogen (secondary N) is 1. The van der Waals surface area contributed by atoms with Crippen LogP contribution in [0.15, 0.2) is 23.6 Å². The topological polar surface area (TPSA) is 94.3 Å². The van der Waals surface area contributed by atoms with E-state index in [0.29, 0.717) is 12.0 Å². The van der Waals surface area contributed by atoms with Crippen LogP contribution in [0.5, 0.6) is 0 Å². The SMILES string of the molecule is CCc1nscc1-c1cc(F)cc(C(=O)NC[C@@H](N)C(=O)OC)c1. The van der Waals surface area contributed by atoms with Crippen LogP contribution in [0, 0.1) is 5.82 Å². The molecule has 0 aliphatic rings. The average Bonchev–Trinajstić information content (AvgIpc) is 3.06. The molecule has 0 aliphatic carbocycles. The van der Waals surface area contributed by atoms with Crippen molar-refractivity contribution in [2.24, 2.45) is 5.73 Å². The maximum atomic E-state index is 13.9. The van der Waals surface area contributed by atoms with Crippen molar-refractivity contribution in [1.82, 2.24) is 9.69 Å². The molecule has 0 spiro atoms. The summed E-state index contributed by atoms with van der Waals surface area (Å²) >= 11 is 1.28. The van der Waals surface area contributed by atoms with E-state index < -0.39 is 23.7 Å². The van der Waals surface area contributed by atoms with E-state index in [1.54, 1.807) is 6.07 Å². The molecule has 24 heavy (non-hydrogen) atoms. The van der Waals surface area contributed by atoms with Crippen molar-refractivity contribution in [1.29, 1.82) is 0 Å². The van der Waals surface area contributed by atoms with Crippen LogP contribution in [-0.2, 0) is 16.0 Å². The van der Waals surface area contributed by atoms with Crippen LogP contribution in [0.3, 0.4) is 0 Å². The van der Waals surface area contributed by atoms with Crippen molar-refractivity contribution < 1.29 is 18.7 Å². The number of nitrogens with zero attached hydrogens (tertiary/aromatic N) is 1. The fourth-order valence-electron chi connectivity index (χ4n) is 2.17. The van der Waals surface area contributed by atoms with Gasteiger partial charge < -0.3 is 15.8 Å². The third-order valence-corrected chi connectivity index (χ3v) is 4.10. The molecule has 1 amide bonds. The van der Waals surface area contributed by atoms with Crippen molar-refractivity contribution >= 4 is 23.4 Å². The number of methoxy groups -OCH3 is 1. The number of amides is 1. The normalized spacial score (nSPS) is 11.8. The zero-order chi connectivity index (χ0) is 17.7. The summed E-state index contributed by atoms with van der Waals surface area (Å²) in [6, 6.07) is 3.11. The van der Waals surface area contributed by atoms with E-state index in [0.717, 1.165) is 17.3 Å². The Labute approximate surface area is 143 Å². The van der Waals surface area contributed by atoms with Gasteiger partial charge in [0.2, 0.25) is 0 Å². The monoisotopic (exact) mass is 351 g/mol. The van der Waals surface area contributed by atoms with Crippen LogP contribution in [0.1, 0.15) is 23.0 Å². The number of hydrogen-bond acceptors (Lipinski definition) is 6. The highest BCUT2D eigenvalue weighted by molar-refractivity contribution is 7.04. The maximum absolute atomic E-state index is 13.9. The van der Waals surface area contributed by atoms with Crippen molar-refractivity contribution in [3.05, 3.63) is 40.7 Å². The highest BCUT2D eigenvalue weighted by Crippen LogP contribution is 2.27. The van der Waals surface area contributed by atoms with Crippen LogP contribution >= 0.6 is 11.5 Å². The summed E-state index contributed by atoms with van der Waals surface area (Å²) in [6.07, 6.45) is 0.713. The fourth-order valence-corrected chi connectivity index (χ4v) is 2.95. The van der Waals surface area contributed by atoms with Gasteiger partial charge in [0.15, 0.2) is 0 Å². The fraction of sp³-hybridized carbons (Fsp3) is 0.312. The molecule has 8 heteroatoms. The number of benzene rings is 1. The molecule has 1 aromatic carbocycles. The van der Waals surface area contributed by atoms with Gasteiger partial charge in [-0.25, -0.2) is 4.39 Å². The number of rotatable bonds is 6. The minimum absolute atomic E-state index is 0.0996. The third-order valence-electron chi connectivity index (χ3n) is 3.44. The summed E-state index contributed by atoms with van der Waals surface area (Å²) in [7, 11) is 1.21. The number of aryl methyl sites for hydroxylation is 1. The Morgan fingerprint density at radius 1 is 1.42 bits per heavy atom. The molecule has 0 bridgehead atoms. The summed E-state index contributed by atoms with van der Waals surface area (Å²) in [5.41, 5.74) is 7.95. The molecule has 2 rings (SSSR count). The predicted molar refractivity (Wildman–Crippen MR) is 89.2 cm³/mol. The Hall–Kier alpha value is -2.32. The van der Waals surface area contributed by atoms with Gasteiger partial charge in [0.1, 0.15) is 11.9 Å². The van der Waals surface area contributed by atoms with Gasteiger partial charge in [-0.15, -0.1) is 0 Å². The van der Waals surface area contributed by atoms with E-state index >= 15 is 0 Å². The molecule has 0 saturated heterocycles. The van der Waals surface area contributed by atoms with Crippen LogP contribution in [0.2, 0.25) is 0 Å². The van der Waals surface area contributed by atoms with Gasteiger partial charge >= 0.3 is 5.97 Å². The lowest BCUT2D eigenvalue weighted by molar-refractivity contribution is -0.141. The highest BCUT2D eigenvalue weighted by atomic mass is 32.1. The molecular weight excluding hydrogens is 333 g/mol. The summed E-state index contributed by atoms with van der Waals surface area (Å²) in [6.45, 7) is 1.86. The van der Waals surface area contributed by atoms with E-state index in [9.17, 15) is 14.0 Å². The first-order valence-electron chi connectivity index (χ1n) is 7.32. The third kappa shape index (κ3) is 4.15. The van der Waals surface area contributed by atoms with Crippen LogP contribution < -0.4 is 11.1 Å². The minimum atomic E-state index is -0.972. The summed E-state index contributed by atoms with van der Waals surface area (Å²) in [5.74, 6) is -1.67. The first-order chi connectivity index (χ1) is 11.5. The number of esters is 1. The highest BCUT2D eigenvalue weighted by Gasteiger charge is 2.17. The van der Waals surface area contributed by atoms with E-state index in [1.807, 2.05) is 12.3 Å². The van der Waals surface area contributed by atoms with Crippen molar-refractivity contribution in [2.75, 3.05) is 13.7 Å². The Kier molecular flexibility index (Phi) is 5.99. The zero-order valence-corrected chi connectivity index (χ0v) is 14.2. The second-order valence-corrected chi connectivity index (χ2v) is 5.73. The van der Waals surface area contributed by atoms with Gasteiger partial charge in [-0.05, 0) is 41.7 Å². The minimum Gasteiger partial charge on any atom is -0.468 e. The lowest BCUT2D eigenvalue weighted by atomic mass is 10.0. The van der Waals surface area contributed by atoms with E-state index in [2.05, 4.69) is 14.4 Å². The molecule has 0 aliphatic heterocycles. The van der Waals surface area contributed by atoms with Crippen molar-refractivity contribution in [3.8, 4) is 11.1 Å². The predicted octanol–water partition coefficient (Wildman–Crippen LogP) is 1.74. The number of halogens is 1. The molecule has 2 aromatic rings. The Morgan fingerprint density at radius 2 is 2.17 bits per heavy atom. The average molecular weight is 351 g/mol. The molecule has 128 valence electrons. The number of nitrogens with two attached hydrogens (primary N) is 1. The Morgan fingerprint density at radius 3 is 2.83 bits per heavy atom. The van der Waals surface area contributed by atoms with Gasteiger partial charge in [0, 0.05) is 23.1 Å². The maximum Gasteiger partial charge on any atom is 0.324 e. The number of ether oxygens (including phenoxy) is 1. The molecule has 0 saturated carbocycles. The molecule has 1 aromatic heterocycles. The quantitative estimate of drug-likeness (QED) is 0.773. The van der Waals surface area contributed by atoms with Gasteiger partial charge in [-0.2, -0.15) is 4.37 Å². The van der Waals surface area contributed by atoms with Crippen LogP contribution in [-0.4, -0.2) is 35.9 Å². The summed E-state index contributed by atoms with van der Waals surface area (Å²) < 4.78 is 22.6. The van der Waals surface area contributed by atoms with Crippen LogP contribution in [0.4, 0.5) is 4.39 Å². The van der Waals surface area contributed by atoms with E-state index in [-0.39, 0.29) is 12.1 Å². The van der Waals surface area contributed by atoms with E-state index in [1.165, 1.54) is 24.7 Å². The molecular formula is C16H18FN3O3S. The van der Waals surface area contributed by atoms with Crippen molar-refractivity contribution in [3.63, 3.8) is 0 Å². The number of carbonyl (C=O) groups is 2. The smallest absolute Gasteiger partial charge is 0.324 e. The summed E-state index contributed by atoms with van der Waals surface area (Å²) in [5, 5.41) is 4.32. The lowest BCUT2D eigenvalue weighted by Crippen LogP contribution is -2.43. The molecule has 0 radical (unpaired) electrons. The van der Waals surface area contributed by atoms with Gasteiger partial charge in [0.05, 0.1) is 12.8 Å². The first-order valence-corrected chi connectivity index (χ1v) is 8.15. The number of carbonyl (C=O) groups excluding carboxylic acids is 2. The standard InChI is InChI=1S/C16H18FN3O3S/c1-3-14-12(8-24-20-14)9-4-10(6-11(17)5-9)15(21)19-7-13(18)16(22)23-2/h4-6,8,13H,3,7,18H2,1-2H3,(H,19,21)/t13-/m1/s1. The molecule has 1 heterocycles. The van der Waals surface area contributed by atoms with Gasteiger partial charge in [-0.3, -0.25) is 9.59 Å². The molecule has 0 unspecified atom stereocenters. The first kappa shape index (κ1) is 18.0. The Balaban J connectivity index is 2.19. The van der Waals surface area contributed by atoms with Crippen LogP contribution in [0.25, 0.3) is 11.1 Å². The largest absolute Gasteiger partial charge is 0.468 e. The number of aromatic nitrogens is 1. The lowest BCUT2D eigenvalue weighted by Gasteiger charge is -2.11. The molecule has 0 fully saturated rings. The molecule has 1 atom stereocenters. The van der Waals surface area contributed by atoms with Gasteiger partial charge in [-0.1, -0.05) is 6.92 Å². The second kappa shape index (κ2) is 7.98. The van der Waals surface area contributed by atoms with Crippen molar-refractivity contribution in [2.45, 2.75) is 19.4 Å². The second-order valence-electron chi connectivity index (χ2n) is 5.10. The van der Waals surface area contributed by atoms with E-state index in [4.69, 9.17) is 5.73 Å². The summed E-state index contributed by atoms with van der Waals surface area (Å²) in [4.78, 5) is 23.4. The molecule has 3 N–H and O–H groups in total. The number of hydrogen-bond donors (Lipinski definition) is 2.